The Morgan fingerprint density at radius 3 is 2.47 bits per heavy atom. The first-order valence-electron chi connectivity index (χ1n) is 8.60. The minimum atomic E-state index is -4.71. The molecular weight excluding hydrogens is 407 g/mol. The molecule has 0 saturated heterocycles. The molecule has 0 spiro atoms. The van der Waals surface area contributed by atoms with Crippen LogP contribution in [0.4, 0.5) is 18.9 Å². The number of carbonyl (C=O) groups is 1. The van der Waals surface area contributed by atoms with Gasteiger partial charge in [-0.3, -0.25) is 0 Å². The van der Waals surface area contributed by atoms with Gasteiger partial charge < -0.3 is 23.9 Å². The number of carbonyl (C=O) groups excluding carboxylic acids is 1. The smallest absolute Gasteiger partial charge is 0.417 e. The number of nitrogens with one attached hydrogen (secondary N) is 1. The molecule has 0 aliphatic carbocycles. The minimum absolute atomic E-state index is 0.182. The summed E-state index contributed by atoms with van der Waals surface area (Å²) >= 11 is 0. The molecule has 1 aliphatic rings. The van der Waals surface area contributed by atoms with Crippen LogP contribution in [0.2, 0.25) is 0 Å². The van der Waals surface area contributed by atoms with Crippen molar-refractivity contribution in [2.24, 2.45) is 0 Å². The molecule has 1 atom stereocenters. The summed E-state index contributed by atoms with van der Waals surface area (Å²) in [7, 11) is 2.81. The van der Waals surface area contributed by atoms with Crippen molar-refractivity contribution in [1.29, 1.82) is 0 Å². The number of hydrogen-bond donors (Lipinski definition) is 1. The van der Waals surface area contributed by atoms with E-state index in [1.54, 1.807) is 12.1 Å². The minimum Gasteiger partial charge on any atom is -0.493 e. The lowest BCUT2D eigenvalue weighted by Gasteiger charge is -2.16. The zero-order chi connectivity index (χ0) is 21.6. The Kier molecular flexibility index (Phi) is 4.56. The van der Waals surface area contributed by atoms with Gasteiger partial charge in [0.1, 0.15) is 11.1 Å². The summed E-state index contributed by atoms with van der Waals surface area (Å²) < 4.78 is 60.3. The number of methoxy groups -OCH3 is 2. The van der Waals surface area contributed by atoms with Gasteiger partial charge in [0.15, 0.2) is 11.5 Å². The maximum Gasteiger partial charge on any atom is 0.417 e. The number of hydrogen-bond acceptors (Lipinski definition) is 7. The Labute approximate surface area is 167 Å². The predicted octanol–water partition coefficient (Wildman–Crippen LogP) is 4.11. The van der Waals surface area contributed by atoms with Gasteiger partial charge in [-0.1, -0.05) is 0 Å². The zero-order valence-corrected chi connectivity index (χ0v) is 15.6. The van der Waals surface area contributed by atoms with Crippen molar-refractivity contribution in [1.82, 2.24) is 0 Å². The standard InChI is InChI=1S/C20H14F3NO6/c1-27-13-6-5-11-16(17(13)28-2)19(26)30-18(11)24-9-3-4-10-12(20(21,22)23)8-15(25)29-14(10)7-9/h3-8,18,24H,1-2H3/t18-/m1/s1. The van der Waals surface area contributed by atoms with Gasteiger partial charge in [-0.2, -0.15) is 13.2 Å². The van der Waals surface area contributed by atoms with E-state index in [4.69, 9.17) is 18.6 Å². The molecule has 0 saturated carbocycles. The third kappa shape index (κ3) is 3.19. The molecule has 1 N–H and O–H groups in total. The van der Waals surface area contributed by atoms with Gasteiger partial charge in [0.25, 0.3) is 0 Å². The molecule has 1 aromatic heterocycles. The SMILES string of the molecule is COc1ccc2c(c1OC)C(=O)O[C@H]2Nc1ccc2c(C(F)(F)F)cc(=O)oc2c1. The fourth-order valence-corrected chi connectivity index (χ4v) is 3.35. The van der Waals surface area contributed by atoms with Crippen LogP contribution in [-0.2, 0) is 10.9 Å². The molecular formula is C20H14F3NO6. The molecule has 4 rings (SSSR count). The quantitative estimate of drug-likeness (QED) is 0.501. The summed E-state index contributed by atoms with van der Waals surface area (Å²) in [6.07, 6.45) is -5.64. The van der Waals surface area contributed by atoms with Gasteiger partial charge in [0.2, 0.25) is 6.23 Å². The molecule has 30 heavy (non-hydrogen) atoms. The second-order valence-corrected chi connectivity index (χ2v) is 6.38. The van der Waals surface area contributed by atoms with Crippen molar-refractivity contribution in [3.8, 4) is 11.5 Å². The van der Waals surface area contributed by atoms with Crippen LogP contribution in [0.3, 0.4) is 0 Å². The molecule has 0 fully saturated rings. The van der Waals surface area contributed by atoms with Crippen molar-refractivity contribution in [3.63, 3.8) is 0 Å². The zero-order valence-electron chi connectivity index (χ0n) is 15.6. The second kappa shape index (κ2) is 6.97. The van der Waals surface area contributed by atoms with Crippen LogP contribution in [0, 0.1) is 0 Å². The highest BCUT2D eigenvalue weighted by molar-refractivity contribution is 5.98. The molecule has 156 valence electrons. The van der Waals surface area contributed by atoms with Gasteiger partial charge in [-0.25, -0.2) is 9.59 Å². The lowest BCUT2D eigenvalue weighted by molar-refractivity contribution is -0.136. The number of esters is 1. The van der Waals surface area contributed by atoms with E-state index in [1.165, 1.54) is 32.4 Å². The maximum absolute atomic E-state index is 13.2. The number of fused-ring (bicyclic) bond motifs is 2. The molecule has 2 aromatic carbocycles. The first-order chi connectivity index (χ1) is 14.2. The number of benzene rings is 2. The summed E-state index contributed by atoms with van der Waals surface area (Å²) in [5, 5.41) is 2.64. The lowest BCUT2D eigenvalue weighted by atomic mass is 10.1. The van der Waals surface area contributed by atoms with E-state index >= 15 is 0 Å². The second-order valence-electron chi connectivity index (χ2n) is 6.38. The third-order valence-corrected chi connectivity index (χ3v) is 4.64. The number of anilines is 1. The number of halogens is 3. The van der Waals surface area contributed by atoms with Crippen molar-refractivity contribution in [2.45, 2.75) is 12.4 Å². The predicted molar refractivity (Wildman–Crippen MR) is 98.8 cm³/mol. The molecule has 0 unspecified atom stereocenters. The average Bonchev–Trinajstić information content (AvgIpc) is 3.01. The number of rotatable bonds is 4. The summed E-state index contributed by atoms with van der Waals surface area (Å²) in [5.41, 5.74) is -1.54. The largest absolute Gasteiger partial charge is 0.493 e. The Morgan fingerprint density at radius 2 is 1.80 bits per heavy atom. The molecule has 1 aliphatic heterocycles. The van der Waals surface area contributed by atoms with Crippen LogP contribution in [-0.4, -0.2) is 20.2 Å². The van der Waals surface area contributed by atoms with Gasteiger partial charge >= 0.3 is 17.8 Å². The van der Waals surface area contributed by atoms with Gasteiger partial charge in [0, 0.05) is 28.8 Å². The van der Waals surface area contributed by atoms with Crippen molar-refractivity contribution in [3.05, 3.63) is 63.5 Å². The maximum atomic E-state index is 13.2. The Balaban J connectivity index is 1.73. The highest BCUT2D eigenvalue weighted by Gasteiger charge is 2.36. The summed E-state index contributed by atoms with van der Waals surface area (Å²) in [6, 6.07) is 7.40. The number of alkyl halides is 3. The normalized spacial score (nSPS) is 15.6. The van der Waals surface area contributed by atoms with Crippen molar-refractivity contribution in [2.75, 3.05) is 19.5 Å². The van der Waals surface area contributed by atoms with Crippen LogP contribution in [0.5, 0.6) is 11.5 Å². The number of cyclic esters (lactones) is 1. The van der Waals surface area contributed by atoms with Crippen LogP contribution < -0.4 is 20.4 Å². The van der Waals surface area contributed by atoms with E-state index < -0.39 is 29.6 Å². The van der Waals surface area contributed by atoms with Crippen molar-refractivity contribution >= 4 is 22.6 Å². The van der Waals surface area contributed by atoms with Crippen LogP contribution in [0.25, 0.3) is 11.0 Å². The van der Waals surface area contributed by atoms with E-state index in [0.29, 0.717) is 17.4 Å². The summed E-state index contributed by atoms with van der Waals surface area (Å²) in [4.78, 5) is 23.9. The molecule has 0 radical (unpaired) electrons. The van der Waals surface area contributed by atoms with Gasteiger partial charge in [0.05, 0.1) is 19.8 Å². The van der Waals surface area contributed by atoms with Crippen LogP contribution >= 0.6 is 0 Å². The fraction of sp³-hybridized carbons (Fsp3) is 0.200. The Bertz CT molecular complexity index is 1220. The fourth-order valence-electron chi connectivity index (χ4n) is 3.35. The number of ether oxygens (including phenoxy) is 3. The molecule has 3 aromatic rings. The van der Waals surface area contributed by atoms with Crippen molar-refractivity contribution < 1.29 is 36.6 Å². The van der Waals surface area contributed by atoms with Gasteiger partial charge in [-0.15, -0.1) is 0 Å². The molecule has 2 heterocycles. The molecule has 0 amide bonds. The third-order valence-electron chi connectivity index (χ3n) is 4.64. The monoisotopic (exact) mass is 421 g/mol. The highest BCUT2D eigenvalue weighted by Crippen LogP contribution is 2.42. The van der Waals surface area contributed by atoms with E-state index in [0.717, 1.165) is 0 Å². The van der Waals surface area contributed by atoms with Gasteiger partial charge in [-0.05, 0) is 24.3 Å². The van der Waals surface area contributed by atoms with E-state index in [-0.39, 0.29) is 28.0 Å². The Hall–Kier alpha value is -3.69. The van der Waals surface area contributed by atoms with E-state index in [9.17, 15) is 22.8 Å². The summed E-state index contributed by atoms with van der Waals surface area (Å²) in [5.74, 6) is -0.0884. The van der Waals surface area contributed by atoms with E-state index in [2.05, 4.69) is 5.32 Å². The Morgan fingerprint density at radius 1 is 1.03 bits per heavy atom. The summed E-state index contributed by atoms with van der Waals surface area (Å²) in [6.45, 7) is 0. The molecule has 10 heteroatoms. The molecule has 0 bridgehead atoms. The van der Waals surface area contributed by atoms with Crippen LogP contribution in [0.15, 0.2) is 45.6 Å². The van der Waals surface area contributed by atoms with Crippen LogP contribution in [0.1, 0.15) is 27.7 Å². The topological polar surface area (TPSA) is 87.0 Å². The first kappa shape index (κ1) is 19.6. The first-order valence-corrected chi connectivity index (χ1v) is 8.60. The highest BCUT2D eigenvalue weighted by atomic mass is 19.4. The molecule has 7 nitrogen and oxygen atoms in total. The van der Waals surface area contributed by atoms with E-state index in [1.807, 2.05) is 0 Å². The lowest BCUT2D eigenvalue weighted by Crippen LogP contribution is -2.12. The average molecular weight is 421 g/mol.